The highest BCUT2D eigenvalue weighted by Gasteiger charge is 2.43. The second-order valence-electron chi connectivity index (χ2n) is 14.6. The summed E-state index contributed by atoms with van der Waals surface area (Å²) >= 11 is 1.23. The van der Waals surface area contributed by atoms with E-state index in [-0.39, 0.29) is 42.3 Å². The van der Waals surface area contributed by atoms with Crippen molar-refractivity contribution in [3.05, 3.63) is 94.0 Å². The highest BCUT2D eigenvalue weighted by Crippen LogP contribution is 2.33. The van der Waals surface area contributed by atoms with Crippen molar-refractivity contribution in [2.24, 2.45) is 5.41 Å². The molecule has 2 heterocycles. The predicted octanol–water partition coefficient (Wildman–Crippen LogP) is 4.83. The van der Waals surface area contributed by atoms with Crippen LogP contribution in [0.4, 0.5) is 5.13 Å². The fourth-order valence-corrected chi connectivity index (χ4v) is 7.70. The monoisotopic (exact) mass is 724 g/mol. The summed E-state index contributed by atoms with van der Waals surface area (Å²) < 4.78 is 0.727. The molecule has 0 bridgehead atoms. The summed E-state index contributed by atoms with van der Waals surface area (Å²) in [6.07, 6.45) is 2.90. The topological polar surface area (TPSA) is 170 Å². The van der Waals surface area contributed by atoms with Crippen molar-refractivity contribution in [1.29, 1.82) is 0 Å². The van der Waals surface area contributed by atoms with E-state index in [1.807, 2.05) is 45.0 Å². The van der Waals surface area contributed by atoms with Crippen molar-refractivity contribution in [3.63, 3.8) is 0 Å². The third-order valence-corrected chi connectivity index (χ3v) is 10.9. The van der Waals surface area contributed by atoms with Gasteiger partial charge in [-0.2, -0.15) is 0 Å². The number of fused-ring (bicyclic) bond motifs is 3. The predicted molar refractivity (Wildman–Crippen MR) is 199 cm³/mol. The molecule has 1 aromatic heterocycles. The quantitative estimate of drug-likeness (QED) is 0.164. The summed E-state index contributed by atoms with van der Waals surface area (Å²) in [6.45, 7) is 7.39. The summed E-state index contributed by atoms with van der Waals surface area (Å²) in [5, 5.41) is 21.6. The molecule has 12 nitrogen and oxygen atoms in total. The lowest BCUT2D eigenvalue weighted by atomic mass is 9.83. The van der Waals surface area contributed by atoms with E-state index >= 15 is 0 Å². The lowest BCUT2D eigenvalue weighted by Gasteiger charge is -2.42. The molecule has 0 saturated carbocycles. The molecule has 13 heteroatoms. The van der Waals surface area contributed by atoms with Crippen LogP contribution in [0.15, 0.2) is 60.7 Å². The van der Waals surface area contributed by atoms with Gasteiger partial charge >= 0.3 is 5.97 Å². The molecular formula is C39H44N6O6S. The molecule has 0 radical (unpaired) electrons. The first-order chi connectivity index (χ1) is 24.7. The number of hydrogen-bond acceptors (Lipinski definition) is 8. The van der Waals surface area contributed by atoms with Crippen LogP contribution in [0.1, 0.15) is 89.5 Å². The number of carbonyl (C=O) groups excluding carboxylic acids is 4. The molecule has 6 rings (SSSR count). The summed E-state index contributed by atoms with van der Waals surface area (Å²) in [5.74, 6) is -2.48. The first-order valence-corrected chi connectivity index (χ1v) is 18.3. The Labute approximate surface area is 306 Å². The summed E-state index contributed by atoms with van der Waals surface area (Å²) in [5.41, 5.74) is 4.06. The number of benzene rings is 3. The molecule has 1 aliphatic carbocycles. The zero-order valence-electron chi connectivity index (χ0n) is 29.9. The van der Waals surface area contributed by atoms with Crippen molar-refractivity contribution in [2.45, 2.75) is 84.1 Å². The maximum absolute atomic E-state index is 14.6. The van der Waals surface area contributed by atoms with E-state index in [9.17, 15) is 29.1 Å². The van der Waals surface area contributed by atoms with Gasteiger partial charge < -0.3 is 26.0 Å². The van der Waals surface area contributed by atoms with Gasteiger partial charge in [-0.25, -0.2) is 9.78 Å². The lowest BCUT2D eigenvalue weighted by molar-refractivity contribution is -0.147. The Morgan fingerprint density at radius 1 is 0.962 bits per heavy atom. The van der Waals surface area contributed by atoms with Crippen LogP contribution in [0.3, 0.4) is 0 Å². The Kier molecular flexibility index (Phi) is 10.5. The normalized spacial score (nSPS) is 18.1. The van der Waals surface area contributed by atoms with Crippen molar-refractivity contribution in [1.82, 2.24) is 25.8 Å². The summed E-state index contributed by atoms with van der Waals surface area (Å²) in [7, 11) is 1.67. The van der Waals surface area contributed by atoms with Crippen LogP contribution in [-0.2, 0) is 33.8 Å². The maximum Gasteiger partial charge on any atom is 0.335 e. The Hall–Kier alpha value is -5.14. The molecule has 4 amide bonds. The highest BCUT2D eigenvalue weighted by atomic mass is 32.1. The van der Waals surface area contributed by atoms with Crippen molar-refractivity contribution >= 4 is 56.3 Å². The van der Waals surface area contributed by atoms with Crippen molar-refractivity contribution in [3.8, 4) is 0 Å². The molecule has 4 unspecified atom stereocenters. The minimum atomic E-state index is -1.06. The first kappa shape index (κ1) is 36.6. The minimum absolute atomic E-state index is 0.0533. The molecular weight excluding hydrogens is 681 g/mol. The van der Waals surface area contributed by atoms with Crippen LogP contribution in [0, 0.1) is 5.41 Å². The van der Waals surface area contributed by atoms with Crippen LogP contribution >= 0.6 is 11.3 Å². The summed E-state index contributed by atoms with van der Waals surface area (Å²) in [6, 6.07) is 15.4. The number of nitrogens with zero attached hydrogens (tertiary/aromatic N) is 2. The molecule has 0 fully saturated rings. The Morgan fingerprint density at radius 3 is 2.44 bits per heavy atom. The first-order valence-electron chi connectivity index (χ1n) is 17.5. The smallest absolute Gasteiger partial charge is 0.335 e. The van der Waals surface area contributed by atoms with Gasteiger partial charge in [0.25, 0.3) is 5.91 Å². The number of likely N-dealkylation sites (N-methyl/N-ethyl adjacent to an activating group) is 1. The van der Waals surface area contributed by atoms with Crippen LogP contribution in [0.5, 0.6) is 0 Å². The number of aromatic nitrogens is 1. The van der Waals surface area contributed by atoms with E-state index in [1.54, 1.807) is 37.1 Å². The average Bonchev–Trinajstić information content (AvgIpc) is 3.53. The lowest BCUT2D eigenvalue weighted by Crippen LogP contribution is -2.62. The Balaban J connectivity index is 1.29. The molecule has 4 atom stereocenters. The van der Waals surface area contributed by atoms with Gasteiger partial charge in [-0.15, -0.1) is 0 Å². The Bertz CT molecular complexity index is 2050. The molecule has 3 aromatic carbocycles. The molecule has 1 aliphatic heterocycles. The van der Waals surface area contributed by atoms with Crippen molar-refractivity contribution in [2.75, 3.05) is 12.4 Å². The number of carboxylic acids is 1. The number of aryl methyl sites for hydroxylation is 1. The van der Waals surface area contributed by atoms with Crippen LogP contribution in [0.2, 0.25) is 0 Å². The number of hydrogen-bond donors (Lipinski definition) is 5. The van der Waals surface area contributed by atoms with E-state index in [0.717, 1.165) is 35.1 Å². The largest absolute Gasteiger partial charge is 0.478 e. The number of thiazole rings is 1. The van der Waals surface area contributed by atoms with Crippen LogP contribution in [-0.4, -0.2) is 69.8 Å². The highest BCUT2D eigenvalue weighted by molar-refractivity contribution is 7.22. The van der Waals surface area contributed by atoms with Gasteiger partial charge in [-0.1, -0.05) is 62.4 Å². The van der Waals surface area contributed by atoms with Gasteiger partial charge in [0.2, 0.25) is 17.7 Å². The third-order valence-electron chi connectivity index (χ3n) is 9.95. The van der Waals surface area contributed by atoms with Gasteiger partial charge in [0.05, 0.1) is 27.9 Å². The number of nitrogens with one attached hydrogen (secondary N) is 4. The van der Waals surface area contributed by atoms with Gasteiger partial charge in [0, 0.05) is 18.5 Å². The fraction of sp³-hybridized carbons (Fsp3) is 0.385. The van der Waals surface area contributed by atoms with Crippen LogP contribution < -0.4 is 21.3 Å². The molecule has 0 saturated heterocycles. The number of carboxylic acid groups (broad SMARTS) is 1. The molecule has 4 aromatic rings. The van der Waals surface area contributed by atoms with Gasteiger partial charge in [0.1, 0.15) is 12.1 Å². The Morgan fingerprint density at radius 2 is 1.71 bits per heavy atom. The third kappa shape index (κ3) is 7.70. The SMILES string of the molecule is CNC(C)C(=O)NC(C(=O)N1Cc2cc(C(=O)Nc3nc4cc(C(=O)O)ccc4s3)ccc2CC1C(=O)NC1CCCc2ccccc21)C(C)(C)C. The van der Waals surface area contributed by atoms with E-state index in [1.165, 1.54) is 29.0 Å². The standard InChI is InChI=1S/C39H44N6O6S/c1-21(40-5)33(46)43-32(39(2,3)4)36(49)45-20-26-17-24(34(47)44-38-42-29-18-25(37(50)51)15-16-31(29)52-38)14-13-23(26)19-30(45)35(48)41-28-12-8-10-22-9-6-7-11-27(22)28/h6-7,9,11,13-18,21,28,30,32,40H,8,10,12,19-20H2,1-5H3,(H,41,48)(H,43,46)(H,50,51)(H,42,44,47). The van der Waals surface area contributed by atoms with E-state index in [2.05, 4.69) is 32.3 Å². The molecule has 272 valence electrons. The number of anilines is 1. The number of carbonyl (C=O) groups is 5. The molecule has 52 heavy (non-hydrogen) atoms. The summed E-state index contributed by atoms with van der Waals surface area (Å²) in [4.78, 5) is 72.8. The minimum Gasteiger partial charge on any atom is -0.478 e. The van der Waals surface area contributed by atoms with Gasteiger partial charge in [-0.3, -0.25) is 24.5 Å². The zero-order valence-corrected chi connectivity index (χ0v) is 30.7. The molecule has 2 aliphatic rings. The maximum atomic E-state index is 14.6. The van der Waals surface area contributed by atoms with Gasteiger partial charge in [0.15, 0.2) is 5.13 Å². The van der Waals surface area contributed by atoms with E-state index in [0.29, 0.717) is 21.8 Å². The second kappa shape index (κ2) is 14.8. The number of aromatic carboxylic acids is 1. The van der Waals surface area contributed by atoms with E-state index < -0.39 is 35.4 Å². The second-order valence-corrected chi connectivity index (χ2v) is 15.6. The fourth-order valence-electron chi connectivity index (χ4n) is 6.86. The van der Waals surface area contributed by atoms with Gasteiger partial charge in [-0.05, 0) is 91.2 Å². The zero-order chi connectivity index (χ0) is 37.3. The van der Waals surface area contributed by atoms with Crippen LogP contribution in [0.25, 0.3) is 10.2 Å². The number of rotatable bonds is 9. The number of amides is 4. The van der Waals surface area contributed by atoms with Crippen molar-refractivity contribution < 1.29 is 29.1 Å². The molecule has 0 spiro atoms. The van der Waals surface area contributed by atoms with E-state index in [4.69, 9.17) is 0 Å². The average molecular weight is 725 g/mol. The molecule has 5 N–H and O–H groups in total.